The Labute approximate surface area is 229 Å². The van der Waals surface area contributed by atoms with E-state index in [2.05, 4.69) is 76.7 Å². The monoisotopic (exact) mass is 535 g/mol. The van der Waals surface area contributed by atoms with Gasteiger partial charge in [0.1, 0.15) is 21.7 Å². The third kappa shape index (κ3) is 6.14. The highest BCUT2D eigenvalue weighted by molar-refractivity contribution is 7.77. The standard InChI is InChI=1S/C32H27N2O4P/c1-36-30-22-31(37-2)34-32(33-30)38-28-19-11-10-18-26(28)27(35)21-23-13-9-12-20-29(23)39(24-14-5-3-6-15-24)25-16-7-4-8-17-25/h3-12,14-22H,13H2,1-2H3/p+1. The second kappa shape index (κ2) is 12.3. The highest BCUT2D eigenvalue weighted by Crippen LogP contribution is 2.48. The number of allylic oxidation sites excluding steroid dienone is 6. The van der Waals surface area contributed by atoms with Crippen molar-refractivity contribution in [1.29, 1.82) is 0 Å². The molecule has 3 aromatic carbocycles. The molecule has 0 saturated carbocycles. The van der Waals surface area contributed by atoms with Gasteiger partial charge < -0.3 is 14.2 Å². The second-order valence-electron chi connectivity index (χ2n) is 8.69. The number of carbonyl (C=O) groups excluding carboxylic acids is 1. The van der Waals surface area contributed by atoms with E-state index in [1.165, 1.54) is 30.1 Å². The number of carbonyl (C=O) groups is 1. The lowest BCUT2D eigenvalue weighted by molar-refractivity contribution is 0.104. The van der Waals surface area contributed by atoms with Gasteiger partial charge in [0.2, 0.25) is 11.8 Å². The molecule has 0 radical (unpaired) electrons. The molecule has 0 bridgehead atoms. The molecule has 4 aromatic rings. The van der Waals surface area contributed by atoms with Gasteiger partial charge >= 0.3 is 6.01 Å². The van der Waals surface area contributed by atoms with Crippen LogP contribution in [0.15, 0.2) is 126 Å². The summed E-state index contributed by atoms with van der Waals surface area (Å²) in [7, 11) is 1.66. The molecular weight excluding hydrogens is 507 g/mol. The maximum Gasteiger partial charge on any atom is 0.328 e. The fraction of sp³-hybridized carbons (Fsp3) is 0.0938. The van der Waals surface area contributed by atoms with Crippen LogP contribution in [0.1, 0.15) is 16.8 Å². The van der Waals surface area contributed by atoms with Crippen molar-refractivity contribution in [2.24, 2.45) is 0 Å². The number of ether oxygens (including phenoxy) is 3. The first-order chi connectivity index (χ1) is 19.2. The first kappa shape index (κ1) is 26.1. The van der Waals surface area contributed by atoms with E-state index in [4.69, 9.17) is 14.2 Å². The van der Waals surface area contributed by atoms with E-state index in [0.29, 0.717) is 29.5 Å². The van der Waals surface area contributed by atoms with Gasteiger partial charge in [-0.2, -0.15) is 9.97 Å². The van der Waals surface area contributed by atoms with E-state index >= 15 is 0 Å². The molecule has 5 rings (SSSR count). The summed E-state index contributed by atoms with van der Waals surface area (Å²) in [5.41, 5.74) is 1.41. The van der Waals surface area contributed by atoms with Crippen molar-refractivity contribution in [3.8, 4) is 23.5 Å². The minimum absolute atomic E-state index is 0.0268. The summed E-state index contributed by atoms with van der Waals surface area (Å²) in [5, 5.41) is 3.72. The number of hydrogen-bond donors (Lipinski definition) is 0. The number of rotatable bonds is 9. The quantitative estimate of drug-likeness (QED) is 0.146. The van der Waals surface area contributed by atoms with Crippen LogP contribution in [0.2, 0.25) is 0 Å². The SMILES string of the molecule is COc1cc(OC)nc(Oc2ccccc2C(=O)C=C2CC=CC=C2[PH+](c2ccccc2)c2ccccc2)n1. The Morgan fingerprint density at radius 1 is 0.821 bits per heavy atom. The van der Waals surface area contributed by atoms with Crippen LogP contribution >= 0.6 is 7.92 Å². The Bertz CT molecular complexity index is 1490. The van der Waals surface area contributed by atoms with Gasteiger partial charge in [0.05, 0.1) is 33.8 Å². The van der Waals surface area contributed by atoms with Crippen molar-refractivity contribution >= 4 is 24.3 Å². The molecule has 0 N–H and O–H groups in total. The molecular formula is C32H28N2O4P+. The molecule has 6 nitrogen and oxygen atoms in total. The molecule has 0 amide bonds. The number of hydrogen-bond acceptors (Lipinski definition) is 6. The molecule has 7 heteroatoms. The predicted octanol–water partition coefficient (Wildman–Crippen LogP) is 6.10. The highest BCUT2D eigenvalue weighted by Gasteiger charge is 2.31. The molecule has 194 valence electrons. The minimum atomic E-state index is -1.34. The normalized spacial score (nSPS) is 13.7. The molecule has 0 saturated heterocycles. The Hall–Kier alpha value is -4.54. The van der Waals surface area contributed by atoms with Crippen molar-refractivity contribution in [3.63, 3.8) is 0 Å². The van der Waals surface area contributed by atoms with E-state index in [0.717, 1.165) is 5.57 Å². The van der Waals surface area contributed by atoms with Gasteiger partial charge in [-0.1, -0.05) is 60.7 Å². The zero-order valence-corrected chi connectivity index (χ0v) is 22.7. The number of aromatic nitrogens is 2. The Balaban J connectivity index is 1.50. The number of benzene rings is 3. The zero-order valence-electron chi connectivity index (χ0n) is 21.7. The largest absolute Gasteiger partial charge is 0.481 e. The van der Waals surface area contributed by atoms with Crippen LogP contribution in [0.5, 0.6) is 23.5 Å². The smallest absolute Gasteiger partial charge is 0.328 e. The number of nitrogens with zero attached hydrogens (tertiary/aromatic N) is 2. The van der Waals surface area contributed by atoms with E-state index in [1.807, 2.05) is 18.2 Å². The van der Waals surface area contributed by atoms with Gasteiger partial charge in [0.25, 0.3) is 0 Å². The molecule has 1 aliphatic carbocycles. The van der Waals surface area contributed by atoms with Crippen LogP contribution in [0.3, 0.4) is 0 Å². The molecule has 0 aliphatic heterocycles. The van der Waals surface area contributed by atoms with E-state index in [1.54, 1.807) is 30.3 Å². The van der Waals surface area contributed by atoms with E-state index in [9.17, 15) is 4.79 Å². The Morgan fingerprint density at radius 3 is 2.03 bits per heavy atom. The highest BCUT2D eigenvalue weighted by atomic mass is 31.1. The molecule has 0 fully saturated rings. The Morgan fingerprint density at radius 2 is 1.41 bits per heavy atom. The summed E-state index contributed by atoms with van der Waals surface area (Å²) in [6, 6.07) is 29.7. The number of para-hydroxylation sites is 1. The van der Waals surface area contributed by atoms with Crippen LogP contribution in [-0.2, 0) is 0 Å². The first-order valence-electron chi connectivity index (χ1n) is 12.5. The zero-order chi connectivity index (χ0) is 27.0. The van der Waals surface area contributed by atoms with Gasteiger partial charge in [-0.25, -0.2) is 0 Å². The third-order valence-corrected chi connectivity index (χ3v) is 9.06. The molecule has 39 heavy (non-hydrogen) atoms. The van der Waals surface area contributed by atoms with Gasteiger partial charge in [-0.3, -0.25) is 4.79 Å². The van der Waals surface area contributed by atoms with Crippen molar-refractivity contribution < 1.29 is 19.0 Å². The number of ketones is 1. The van der Waals surface area contributed by atoms with Gasteiger partial charge in [-0.05, 0) is 55.0 Å². The summed E-state index contributed by atoms with van der Waals surface area (Å²) < 4.78 is 16.4. The molecule has 1 aromatic heterocycles. The van der Waals surface area contributed by atoms with Crippen molar-refractivity contribution in [1.82, 2.24) is 9.97 Å². The molecule has 0 unspecified atom stereocenters. The third-order valence-electron chi connectivity index (χ3n) is 6.21. The van der Waals surface area contributed by atoms with Gasteiger partial charge in [0, 0.05) is 5.57 Å². The maximum absolute atomic E-state index is 13.7. The topological polar surface area (TPSA) is 70.5 Å². The fourth-order valence-corrected chi connectivity index (χ4v) is 7.14. The Kier molecular flexibility index (Phi) is 8.25. The average Bonchev–Trinajstić information content (AvgIpc) is 2.99. The molecule has 1 aliphatic rings. The predicted molar refractivity (Wildman–Crippen MR) is 156 cm³/mol. The van der Waals surface area contributed by atoms with Crippen LogP contribution < -0.4 is 24.8 Å². The van der Waals surface area contributed by atoms with Crippen molar-refractivity contribution in [3.05, 3.63) is 132 Å². The van der Waals surface area contributed by atoms with E-state index < -0.39 is 7.92 Å². The lowest BCUT2D eigenvalue weighted by atomic mass is 10.0. The van der Waals surface area contributed by atoms with Crippen molar-refractivity contribution in [2.75, 3.05) is 14.2 Å². The fourth-order valence-electron chi connectivity index (χ4n) is 4.38. The molecule has 0 atom stereocenters. The molecule has 0 spiro atoms. The minimum Gasteiger partial charge on any atom is -0.481 e. The van der Waals surface area contributed by atoms with Crippen LogP contribution in [-0.4, -0.2) is 30.0 Å². The summed E-state index contributed by atoms with van der Waals surface area (Å²) in [6.07, 6.45) is 8.72. The van der Waals surface area contributed by atoms with Crippen LogP contribution in [0.4, 0.5) is 0 Å². The second-order valence-corrected chi connectivity index (χ2v) is 11.1. The van der Waals surface area contributed by atoms with Gasteiger partial charge in [-0.15, -0.1) is 0 Å². The first-order valence-corrected chi connectivity index (χ1v) is 14.0. The summed E-state index contributed by atoms with van der Waals surface area (Å²) in [5.74, 6) is 0.786. The van der Waals surface area contributed by atoms with Crippen LogP contribution in [0, 0.1) is 0 Å². The molecule has 1 heterocycles. The summed E-state index contributed by atoms with van der Waals surface area (Å²) in [4.78, 5) is 22.2. The van der Waals surface area contributed by atoms with E-state index in [-0.39, 0.29) is 11.8 Å². The lowest BCUT2D eigenvalue weighted by Crippen LogP contribution is -2.15. The summed E-state index contributed by atoms with van der Waals surface area (Å²) in [6.45, 7) is 0. The van der Waals surface area contributed by atoms with Crippen molar-refractivity contribution in [2.45, 2.75) is 6.42 Å². The number of methoxy groups -OCH3 is 2. The van der Waals surface area contributed by atoms with Crippen LogP contribution in [0.25, 0.3) is 0 Å². The maximum atomic E-state index is 13.7. The summed E-state index contributed by atoms with van der Waals surface area (Å²) >= 11 is 0. The average molecular weight is 536 g/mol. The lowest BCUT2D eigenvalue weighted by Gasteiger charge is -2.18. The van der Waals surface area contributed by atoms with Gasteiger partial charge in [0.15, 0.2) is 5.78 Å².